The zero-order valence-corrected chi connectivity index (χ0v) is 9.72. The summed E-state index contributed by atoms with van der Waals surface area (Å²) in [6.07, 6.45) is 0. The molecule has 18 heavy (non-hydrogen) atoms. The van der Waals surface area contributed by atoms with Crippen LogP contribution in [0.2, 0.25) is 0 Å². The van der Waals surface area contributed by atoms with Gasteiger partial charge in [0, 0.05) is 16.8 Å². The van der Waals surface area contributed by atoms with Crippen LogP contribution < -0.4 is 0 Å². The van der Waals surface area contributed by atoms with Gasteiger partial charge in [-0.1, -0.05) is 48.5 Å². The lowest BCUT2D eigenvalue weighted by molar-refractivity contribution is 1.50. The first-order valence-corrected chi connectivity index (χ1v) is 6.01. The van der Waals surface area contributed by atoms with E-state index in [1.54, 1.807) is 0 Å². The van der Waals surface area contributed by atoms with E-state index in [4.69, 9.17) is 4.98 Å². The van der Waals surface area contributed by atoms with Crippen LogP contribution in [0.4, 0.5) is 0 Å². The Hall–Kier alpha value is -2.41. The van der Waals surface area contributed by atoms with Crippen LogP contribution in [-0.2, 0) is 0 Å². The zero-order chi connectivity index (χ0) is 11.9. The summed E-state index contributed by atoms with van der Waals surface area (Å²) in [7, 11) is 0. The number of pyridine rings is 1. The molecule has 3 aromatic carbocycles. The van der Waals surface area contributed by atoms with E-state index in [1.165, 1.54) is 10.8 Å². The number of fused-ring (bicyclic) bond motifs is 4. The number of para-hydroxylation sites is 1. The van der Waals surface area contributed by atoms with Crippen molar-refractivity contribution in [3.05, 3.63) is 66.7 Å². The van der Waals surface area contributed by atoms with Gasteiger partial charge in [0.1, 0.15) is 0 Å². The van der Waals surface area contributed by atoms with Gasteiger partial charge in [0.25, 0.3) is 0 Å². The predicted octanol–water partition coefficient (Wildman–Crippen LogP) is 4.34. The van der Waals surface area contributed by atoms with E-state index < -0.39 is 0 Å². The molecule has 0 unspecified atom stereocenters. The number of aromatic nitrogens is 1. The van der Waals surface area contributed by atoms with Crippen LogP contribution in [-0.4, -0.2) is 4.98 Å². The molecule has 4 aromatic rings. The molecule has 1 nitrogen and oxygen atoms in total. The smallest absolute Gasteiger partial charge is 0.0722 e. The summed E-state index contributed by atoms with van der Waals surface area (Å²) in [5.41, 5.74) is 2.01. The molecule has 0 spiro atoms. The van der Waals surface area contributed by atoms with E-state index in [9.17, 15) is 0 Å². The van der Waals surface area contributed by atoms with Crippen LogP contribution >= 0.6 is 0 Å². The van der Waals surface area contributed by atoms with Crippen molar-refractivity contribution in [3.8, 4) is 0 Å². The standard InChI is InChI=1S/C17H10N/c1-3-7-14-12(5-1)9-10-17-15(14)11-13-6-2-4-8-16(13)18-17/h1-10H. The largest absolute Gasteiger partial charge is 0.248 e. The summed E-state index contributed by atoms with van der Waals surface area (Å²) in [6, 6.07) is 24.2. The predicted molar refractivity (Wildman–Crippen MR) is 75.6 cm³/mol. The molecule has 1 aromatic heterocycles. The summed E-state index contributed by atoms with van der Waals surface area (Å²) in [5, 5.41) is 4.62. The van der Waals surface area contributed by atoms with Crippen molar-refractivity contribution in [1.82, 2.24) is 4.98 Å². The molecule has 0 atom stereocenters. The minimum absolute atomic E-state index is 1.00. The van der Waals surface area contributed by atoms with Crippen LogP contribution in [0.1, 0.15) is 0 Å². The first-order valence-electron chi connectivity index (χ1n) is 6.01. The SMILES string of the molecule is [c]1c2ccccc2nc2ccc3ccccc3c12. The zero-order valence-electron chi connectivity index (χ0n) is 9.72. The maximum atomic E-state index is 4.70. The van der Waals surface area contributed by atoms with Gasteiger partial charge in [-0.2, -0.15) is 0 Å². The first kappa shape index (κ1) is 9.60. The van der Waals surface area contributed by atoms with Crippen molar-refractivity contribution in [2.45, 2.75) is 0 Å². The van der Waals surface area contributed by atoms with Crippen molar-refractivity contribution in [2.75, 3.05) is 0 Å². The monoisotopic (exact) mass is 228 g/mol. The molecular formula is C17H10N. The Balaban J connectivity index is 2.27. The molecule has 1 heterocycles. The van der Waals surface area contributed by atoms with Gasteiger partial charge in [-0.25, -0.2) is 4.98 Å². The number of rotatable bonds is 0. The van der Waals surface area contributed by atoms with Crippen LogP contribution in [0.15, 0.2) is 60.7 Å². The molecule has 4 rings (SSSR count). The van der Waals surface area contributed by atoms with Gasteiger partial charge in [-0.15, -0.1) is 0 Å². The van der Waals surface area contributed by atoms with Gasteiger partial charge in [0.2, 0.25) is 0 Å². The molecule has 0 aliphatic rings. The van der Waals surface area contributed by atoms with Crippen molar-refractivity contribution in [2.24, 2.45) is 0 Å². The summed E-state index contributed by atoms with van der Waals surface area (Å²) < 4.78 is 0. The average Bonchev–Trinajstić information content (AvgIpc) is 2.45. The molecular weight excluding hydrogens is 218 g/mol. The second kappa shape index (κ2) is 3.54. The number of benzene rings is 3. The van der Waals surface area contributed by atoms with Crippen LogP contribution in [0.3, 0.4) is 0 Å². The van der Waals surface area contributed by atoms with Crippen LogP contribution in [0, 0.1) is 6.07 Å². The molecule has 0 bridgehead atoms. The average molecular weight is 228 g/mol. The first-order chi connectivity index (χ1) is 8.92. The molecule has 1 heteroatoms. The topological polar surface area (TPSA) is 12.9 Å². The highest BCUT2D eigenvalue weighted by molar-refractivity contribution is 6.08. The maximum Gasteiger partial charge on any atom is 0.0722 e. The Morgan fingerprint density at radius 2 is 1.56 bits per heavy atom. The van der Waals surface area contributed by atoms with E-state index in [0.29, 0.717) is 0 Å². The van der Waals surface area contributed by atoms with Gasteiger partial charge in [0.05, 0.1) is 11.0 Å². The summed E-state index contributed by atoms with van der Waals surface area (Å²) in [6.45, 7) is 0. The molecule has 0 saturated carbocycles. The van der Waals surface area contributed by atoms with Gasteiger partial charge in [-0.05, 0) is 22.9 Å². The van der Waals surface area contributed by atoms with Crippen molar-refractivity contribution in [3.63, 3.8) is 0 Å². The minimum Gasteiger partial charge on any atom is -0.248 e. The van der Waals surface area contributed by atoms with Gasteiger partial charge < -0.3 is 0 Å². The summed E-state index contributed by atoms with van der Waals surface area (Å²) in [5.74, 6) is 0. The highest BCUT2D eigenvalue weighted by Gasteiger charge is 2.03. The highest BCUT2D eigenvalue weighted by atomic mass is 14.7. The highest BCUT2D eigenvalue weighted by Crippen LogP contribution is 2.26. The third kappa shape index (κ3) is 1.31. The lowest BCUT2D eigenvalue weighted by atomic mass is 10.0. The van der Waals surface area contributed by atoms with Crippen LogP contribution in [0.5, 0.6) is 0 Å². The Morgan fingerprint density at radius 1 is 0.722 bits per heavy atom. The van der Waals surface area contributed by atoms with Crippen molar-refractivity contribution < 1.29 is 0 Å². The third-order valence-electron chi connectivity index (χ3n) is 3.31. The van der Waals surface area contributed by atoms with E-state index in [-0.39, 0.29) is 0 Å². The summed E-state index contributed by atoms with van der Waals surface area (Å²) in [4.78, 5) is 4.70. The van der Waals surface area contributed by atoms with Crippen molar-refractivity contribution >= 4 is 32.6 Å². The Bertz CT molecular complexity index is 872. The number of hydrogen-bond acceptors (Lipinski definition) is 1. The van der Waals surface area contributed by atoms with Crippen molar-refractivity contribution in [1.29, 1.82) is 0 Å². The molecule has 0 fully saturated rings. The maximum absolute atomic E-state index is 4.70. The fraction of sp³-hybridized carbons (Fsp3) is 0. The van der Waals surface area contributed by atoms with Gasteiger partial charge in [0.15, 0.2) is 0 Å². The third-order valence-corrected chi connectivity index (χ3v) is 3.31. The van der Waals surface area contributed by atoms with E-state index in [1.807, 2.05) is 18.2 Å². The Kier molecular flexibility index (Phi) is 1.89. The Labute approximate surface area is 105 Å². The molecule has 0 aliphatic heterocycles. The second-order valence-corrected chi connectivity index (χ2v) is 4.43. The number of nitrogens with zero attached hydrogens (tertiary/aromatic N) is 1. The molecule has 0 amide bonds. The molecule has 83 valence electrons. The fourth-order valence-electron chi connectivity index (χ4n) is 2.43. The molecule has 0 N–H and O–H groups in total. The lowest BCUT2D eigenvalue weighted by Crippen LogP contribution is -1.84. The molecule has 0 saturated heterocycles. The quantitative estimate of drug-likeness (QED) is 0.322. The fourth-order valence-corrected chi connectivity index (χ4v) is 2.43. The van der Waals surface area contributed by atoms with Gasteiger partial charge in [-0.3, -0.25) is 0 Å². The van der Waals surface area contributed by atoms with E-state index in [2.05, 4.69) is 48.5 Å². The molecule has 0 aliphatic carbocycles. The lowest BCUT2D eigenvalue weighted by Gasteiger charge is -2.04. The number of hydrogen-bond donors (Lipinski definition) is 0. The minimum atomic E-state index is 1.00. The second-order valence-electron chi connectivity index (χ2n) is 4.43. The van der Waals surface area contributed by atoms with E-state index in [0.717, 1.165) is 21.8 Å². The van der Waals surface area contributed by atoms with E-state index >= 15 is 0 Å². The van der Waals surface area contributed by atoms with Crippen LogP contribution in [0.25, 0.3) is 32.6 Å². The Morgan fingerprint density at radius 3 is 2.56 bits per heavy atom. The normalized spacial score (nSPS) is 11.3. The molecule has 1 radical (unpaired) electrons. The van der Waals surface area contributed by atoms with Gasteiger partial charge >= 0.3 is 0 Å². The summed E-state index contributed by atoms with van der Waals surface area (Å²) >= 11 is 0.